The summed E-state index contributed by atoms with van der Waals surface area (Å²) in [7, 11) is 0. The lowest BCUT2D eigenvalue weighted by molar-refractivity contribution is 1.20. The average Bonchev–Trinajstić information content (AvgIpc) is 3.22. The van der Waals surface area contributed by atoms with Crippen molar-refractivity contribution in [1.29, 1.82) is 0 Å². The van der Waals surface area contributed by atoms with Crippen LogP contribution >= 0.6 is 15.9 Å². The Balaban J connectivity index is 1.66. The van der Waals surface area contributed by atoms with E-state index in [1.165, 1.54) is 60.2 Å². The van der Waals surface area contributed by atoms with Crippen LogP contribution in [0.3, 0.4) is 0 Å². The standard InChI is InChI=1S/C32H20BrN/c33-25-11-5-10-23(19-25)24-16-18-31-29(20-24)28-17-15-22-8-2-4-13-27(22)32(28)34(31)30-14-6-9-21-7-1-3-12-26(21)30/h1-20H. The molecule has 7 aromatic rings. The molecule has 0 radical (unpaired) electrons. The zero-order valence-corrected chi connectivity index (χ0v) is 20.0. The maximum Gasteiger partial charge on any atom is 0.0619 e. The maximum absolute atomic E-state index is 3.63. The molecule has 7 rings (SSSR count). The van der Waals surface area contributed by atoms with Crippen molar-refractivity contribution in [3.8, 4) is 16.8 Å². The van der Waals surface area contributed by atoms with Crippen LogP contribution in [-0.2, 0) is 0 Å². The zero-order valence-electron chi connectivity index (χ0n) is 18.4. The molecule has 0 fully saturated rings. The molecule has 160 valence electrons. The van der Waals surface area contributed by atoms with Gasteiger partial charge in [0.05, 0.1) is 16.7 Å². The maximum atomic E-state index is 3.63. The quantitative estimate of drug-likeness (QED) is 0.224. The molecule has 2 heteroatoms. The SMILES string of the molecule is Brc1cccc(-c2ccc3c(c2)c2ccc4ccccc4c2n3-c2cccc3ccccc23)c1. The van der Waals surface area contributed by atoms with Crippen molar-refractivity contribution in [3.05, 3.63) is 126 Å². The first-order chi connectivity index (χ1) is 16.8. The van der Waals surface area contributed by atoms with Crippen LogP contribution in [0.5, 0.6) is 0 Å². The molecule has 1 nitrogen and oxygen atoms in total. The van der Waals surface area contributed by atoms with Gasteiger partial charge in [0.2, 0.25) is 0 Å². The lowest BCUT2D eigenvalue weighted by Crippen LogP contribution is -1.96. The lowest BCUT2D eigenvalue weighted by atomic mass is 10.0. The van der Waals surface area contributed by atoms with Crippen molar-refractivity contribution in [1.82, 2.24) is 4.57 Å². The molecular weight excluding hydrogens is 478 g/mol. The molecule has 0 atom stereocenters. The zero-order chi connectivity index (χ0) is 22.6. The Morgan fingerprint density at radius 1 is 0.471 bits per heavy atom. The molecule has 0 saturated heterocycles. The number of halogens is 1. The second kappa shape index (κ2) is 7.58. The van der Waals surface area contributed by atoms with E-state index in [1.54, 1.807) is 0 Å². The van der Waals surface area contributed by atoms with E-state index in [0.29, 0.717) is 0 Å². The normalized spacial score (nSPS) is 11.7. The minimum Gasteiger partial charge on any atom is -0.308 e. The molecule has 0 aliphatic heterocycles. The molecule has 0 aliphatic rings. The summed E-state index contributed by atoms with van der Waals surface area (Å²) in [4.78, 5) is 0. The van der Waals surface area contributed by atoms with Crippen LogP contribution in [0.4, 0.5) is 0 Å². The fraction of sp³-hybridized carbons (Fsp3) is 0. The molecule has 0 spiro atoms. The molecule has 6 aromatic carbocycles. The number of rotatable bonds is 2. The van der Waals surface area contributed by atoms with Crippen LogP contribution < -0.4 is 0 Å². The molecule has 0 bridgehead atoms. The molecule has 0 amide bonds. The number of aromatic nitrogens is 1. The highest BCUT2D eigenvalue weighted by molar-refractivity contribution is 9.10. The predicted octanol–water partition coefficient (Wildman–Crippen LogP) is 9.52. The number of benzene rings is 6. The van der Waals surface area contributed by atoms with E-state index in [9.17, 15) is 0 Å². The fourth-order valence-corrected chi connectivity index (χ4v) is 5.68. The van der Waals surface area contributed by atoms with Crippen LogP contribution in [-0.4, -0.2) is 4.57 Å². The molecule has 0 aliphatic carbocycles. The Labute approximate surface area is 206 Å². The van der Waals surface area contributed by atoms with Crippen molar-refractivity contribution in [2.75, 3.05) is 0 Å². The van der Waals surface area contributed by atoms with E-state index in [4.69, 9.17) is 0 Å². The van der Waals surface area contributed by atoms with E-state index in [0.717, 1.165) is 4.47 Å². The van der Waals surface area contributed by atoms with Gasteiger partial charge >= 0.3 is 0 Å². The van der Waals surface area contributed by atoms with Gasteiger partial charge < -0.3 is 4.57 Å². The van der Waals surface area contributed by atoms with Crippen molar-refractivity contribution in [2.45, 2.75) is 0 Å². The molecule has 34 heavy (non-hydrogen) atoms. The van der Waals surface area contributed by atoms with Crippen molar-refractivity contribution < 1.29 is 0 Å². The van der Waals surface area contributed by atoms with E-state index >= 15 is 0 Å². The summed E-state index contributed by atoms with van der Waals surface area (Å²) in [5.41, 5.74) is 6.13. The Morgan fingerprint density at radius 3 is 2.03 bits per heavy atom. The van der Waals surface area contributed by atoms with Gasteiger partial charge in [-0.05, 0) is 52.2 Å². The van der Waals surface area contributed by atoms with E-state index in [2.05, 4.69) is 142 Å². The largest absolute Gasteiger partial charge is 0.308 e. The summed E-state index contributed by atoms with van der Waals surface area (Å²) in [6.45, 7) is 0. The first-order valence-corrected chi connectivity index (χ1v) is 12.3. The average molecular weight is 498 g/mol. The van der Waals surface area contributed by atoms with Crippen LogP contribution in [0.15, 0.2) is 126 Å². The number of hydrogen-bond donors (Lipinski definition) is 0. The lowest BCUT2D eigenvalue weighted by Gasteiger charge is -2.13. The summed E-state index contributed by atoms with van der Waals surface area (Å²) in [6.07, 6.45) is 0. The monoisotopic (exact) mass is 497 g/mol. The Bertz CT molecular complexity index is 1870. The van der Waals surface area contributed by atoms with Crippen LogP contribution in [0, 0.1) is 0 Å². The van der Waals surface area contributed by atoms with Gasteiger partial charge in [-0.15, -0.1) is 0 Å². The fourth-order valence-electron chi connectivity index (χ4n) is 5.28. The first-order valence-electron chi connectivity index (χ1n) is 11.5. The van der Waals surface area contributed by atoms with Gasteiger partial charge in [-0.1, -0.05) is 107 Å². The van der Waals surface area contributed by atoms with Gasteiger partial charge in [-0.2, -0.15) is 0 Å². The van der Waals surface area contributed by atoms with Crippen molar-refractivity contribution in [3.63, 3.8) is 0 Å². The second-order valence-corrected chi connectivity index (χ2v) is 9.67. The highest BCUT2D eigenvalue weighted by Crippen LogP contribution is 2.40. The molecule has 0 N–H and O–H groups in total. The Kier molecular flexibility index (Phi) is 4.36. The number of fused-ring (bicyclic) bond motifs is 6. The minimum atomic E-state index is 1.09. The molecule has 1 heterocycles. The van der Waals surface area contributed by atoms with Gasteiger partial charge in [0.15, 0.2) is 0 Å². The molecule has 0 unspecified atom stereocenters. The summed E-state index contributed by atoms with van der Waals surface area (Å²) in [5.74, 6) is 0. The second-order valence-electron chi connectivity index (χ2n) is 8.76. The van der Waals surface area contributed by atoms with Crippen LogP contribution in [0.2, 0.25) is 0 Å². The first kappa shape index (κ1) is 19.6. The summed E-state index contributed by atoms with van der Waals surface area (Å²) in [6, 6.07) is 43.9. The smallest absolute Gasteiger partial charge is 0.0619 e. The molecular formula is C32H20BrN. The van der Waals surface area contributed by atoms with Crippen LogP contribution in [0.25, 0.3) is 60.2 Å². The summed E-state index contributed by atoms with van der Waals surface area (Å²) < 4.78 is 3.55. The molecule has 0 saturated carbocycles. The van der Waals surface area contributed by atoms with E-state index in [-0.39, 0.29) is 0 Å². The number of nitrogens with zero attached hydrogens (tertiary/aromatic N) is 1. The van der Waals surface area contributed by atoms with Gasteiger partial charge in [-0.3, -0.25) is 0 Å². The van der Waals surface area contributed by atoms with Crippen LogP contribution in [0.1, 0.15) is 0 Å². The third kappa shape index (κ3) is 2.92. The van der Waals surface area contributed by atoms with Crippen molar-refractivity contribution in [2.24, 2.45) is 0 Å². The summed E-state index contributed by atoms with van der Waals surface area (Å²) >= 11 is 3.63. The van der Waals surface area contributed by atoms with Crippen molar-refractivity contribution >= 4 is 59.3 Å². The van der Waals surface area contributed by atoms with E-state index in [1.807, 2.05) is 0 Å². The highest BCUT2D eigenvalue weighted by Gasteiger charge is 2.17. The number of hydrogen-bond acceptors (Lipinski definition) is 0. The van der Waals surface area contributed by atoms with E-state index < -0.39 is 0 Å². The third-order valence-electron chi connectivity index (χ3n) is 6.82. The van der Waals surface area contributed by atoms with Gasteiger partial charge in [-0.25, -0.2) is 0 Å². The topological polar surface area (TPSA) is 4.93 Å². The van der Waals surface area contributed by atoms with Gasteiger partial charge in [0, 0.05) is 26.0 Å². The Hall–Kier alpha value is -3.88. The van der Waals surface area contributed by atoms with Gasteiger partial charge in [0.1, 0.15) is 0 Å². The highest BCUT2D eigenvalue weighted by atomic mass is 79.9. The third-order valence-corrected chi connectivity index (χ3v) is 7.31. The predicted molar refractivity (Wildman–Crippen MR) is 149 cm³/mol. The minimum absolute atomic E-state index is 1.09. The molecule has 1 aromatic heterocycles. The van der Waals surface area contributed by atoms with Gasteiger partial charge in [0.25, 0.3) is 0 Å². The summed E-state index contributed by atoms with van der Waals surface area (Å²) in [5, 5.41) is 7.58. The Morgan fingerprint density at radius 2 is 1.18 bits per heavy atom.